The van der Waals surface area contributed by atoms with Gasteiger partial charge in [-0.1, -0.05) is 0 Å². The van der Waals surface area contributed by atoms with Crippen LogP contribution in [0, 0.1) is 0 Å². The van der Waals surface area contributed by atoms with Crippen LogP contribution in [0.1, 0.15) is 24.3 Å². The Balaban J connectivity index is 2.84. The number of carbonyl (C=O) groups excluding carboxylic acids is 1. The van der Waals surface area contributed by atoms with Gasteiger partial charge in [0.2, 0.25) is 0 Å². The summed E-state index contributed by atoms with van der Waals surface area (Å²) >= 11 is 1.50. The van der Waals surface area contributed by atoms with Crippen LogP contribution in [0.3, 0.4) is 0 Å². The van der Waals surface area contributed by atoms with E-state index in [0.717, 1.165) is 11.7 Å². The van der Waals surface area contributed by atoms with Crippen molar-refractivity contribution in [2.24, 2.45) is 0 Å². The molecule has 0 aliphatic rings. The van der Waals surface area contributed by atoms with Gasteiger partial charge in [-0.3, -0.25) is 4.79 Å². The largest absolute Gasteiger partial charge is 0.351 e. The van der Waals surface area contributed by atoms with Crippen LogP contribution in [-0.4, -0.2) is 24.4 Å². The van der Waals surface area contributed by atoms with Crippen LogP contribution in [0.4, 0.5) is 5.13 Å². The molecule has 12 heavy (non-hydrogen) atoms. The average Bonchev–Trinajstić information content (AvgIpc) is 2.51. The molecule has 0 aromatic carbocycles. The van der Waals surface area contributed by atoms with E-state index in [2.05, 4.69) is 11.9 Å². The zero-order valence-electron chi connectivity index (χ0n) is 7.50. The molecule has 1 aromatic rings. The van der Waals surface area contributed by atoms with Crippen molar-refractivity contribution in [1.29, 1.82) is 0 Å². The molecule has 3 nitrogen and oxygen atoms in total. The fraction of sp³-hybridized carbons (Fsp3) is 0.500. The molecule has 0 radical (unpaired) electrons. The summed E-state index contributed by atoms with van der Waals surface area (Å²) < 4.78 is 0. The third kappa shape index (κ3) is 1.82. The predicted molar refractivity (Wildman–Crippen MR) is 51.1 cm³/mol. The molecule has 1 heterocycles. The van der Waals surface area contributed by atoms with Gasteiger partial charge in [0, 0.05) is 25.9 Å². The molecule has 0 aliphatic carbocycles. The molecule has 0 atom stereocenters. The molecule has 0 aliphatic heterocycles. The Hall–Kier alpha value is -0.900. The lowest BCUT2D eigenvalue weighted by Gasteiger charge is -2.10. The third-order valence-electron chi connectivity index (χ3n) is 1.65. The molecule has 1 aromatic heterocycles. The van der Waals surface area contributed by atoms with Gasteiger partial charge < -0.3 is 4.90 Å². The monoisotopic (exact) mass is 184 g/mol. The van der Waals surface area contributed by atoms with Crippen molar-refractivity contribution in [1.82, 2.24) is 4.98 Å². The Labute approximate surface area is 76.0 Å². The van der Waals surface area contributed by atoms with Crippen molar-refractivity contribution < 1.29 is 4.79 Å². The van der Waals surface area contributed by atoms with Gasteiger partial charge in [-0.15, -0.1) is 11.3 Å². The van der Waals surface area contributed by atoms with E-state index in [1.165, 1.54) is 18.3 Å². The zero-order valence-corrected chi connectivity index (χ0v) is 8.31. The van der Waals surface area contributed by atoms with Crippen LogP contribution >= 0.6 is 11.3 Å². The van der Waals surface area contributed by atoms with Gasteiger partial charge in [0.25, 0.3) is 0 Å². The second-order valence-electron chi connectivity index (χ2n) is 2.59. The van der Waals surface area contributed by atoms with Crippen molar-refractivity contribution >= 4 is 22.3 Å². The molecule has 1 rings (SSSR count). The van der Waals surface area contributed by atoms with Crippen LogP contribution in [0.15, 0.2) is 5.38 Å². The molecular formula is C8H12N2OS. The summed E-state index contributed by atoms with van der Waals surface area (Å²) in [5.41, 5.74) is 0.565. The third-order valence-corrected chi connectivity index (χ3v) is 2.61. The number of aromatic nitrogens is 1. The molecule has 0 fully saturated rings. The second-order valence-corrected chi connectivity index (χ2v) is 3.42. The van der Waals surface area contributed by atoms with Gasteiger partial charge >= 0.3 is 0 Å². The minimum Gasteiger partial charge on any atom is -0.351 e. The number of hydrogen-bond donors (Lipinski definition) is 0. The molecule has 0 amide bonds. The molecule has 66 valence electrons. The number of thiazole rings is 1. The standard InChI is InChI=1S/C8H12N2OS/c1-4-10(3)8-9-7(5-12-8)6(2)11/h5H,4H2,1-3H3. The van der Waals surface area contributed by atoms with Gasteiger partial charge in [0.1, 0.15) is 5.69 Å². The first-order valence-electron chi connectivity index (χ1n) is 3.82. The number of hydrogen-bond acceptors (Lipinski definition) is 4. The fourth-order valence-corrected chi connectivity index (χ4v) is 1.63. The highest BCUT2D eigenvalue weighted by atomic mass is 32.1. The highest BCUT2D eigenvalue weighted by Crippen LogP contribution is 2.18. The molecule has 0 saturated heterocycles. The molecular weight excluding hydrogens is 172 g/mol. The normalized spacial score (nSPS) is 9.92. The molecule has 0 unspecified atom stereocenters. The van der Waals surface area contributed by atoms with Crippen molar-refractivity contribution in [2.75, 3.05) is 18.5 Å². The topological polar surface area (TPSA) is 33.2 Å². The Bertz CT molecular complexity index is 282. The first kappa shape index (κ1) is 9.19. The number of anilines is 1. The second kappa shape index (κ2) is 3.67. The molecule has 0 saturated carbocycles. The van der Waals surface area contributed by atoms with Crippen molar-refractivity contribution in [3.8, 4) is 0 Å². The SMILES string of the molecule is CCN(C)c1nc(C(C)=O)cs1. The Morgan fingerprint density at radius 1 is 1.75 bits per heavy atom. The minimum atomic E-state index is 0.0296. The molecule has 0 N–H and O–H groups in total. The Morgan fingerprint density at radius 2 is 2.42 bits per heavy atom. The van der Waals surface area contributed by atoms with Gasteiger partial charge in [0.15, 0.2) is 10.9 Å². The first-order chi connectivity index (χ1) is 5.65. The Morgan fingerprint density at radius 3 is 2.83 bits per heavy atom. The maximum atomic E-state index is 10.9. The van der Waals surface area contributed by atoms with E-state index >= 15 is 0 Å². The summed E-state index contributed by atoms with van der Waals surface area (Å²) in [4.78, 5) is 17.1. The van der Waals surface area contributed by atoms with Crippen LogP contribution in [0.25, 0.3) is 0 Å². The quantitative estimate of drug-likeness (QED) is 0.672. The van der Waals surface area contributed by atoms with Crippen molar-refractivity contribution in [2.45, 2.75) is 13.8 Å². The summed E-state index contributed by atoms with van der Waals surface area (Å²) in [7, 11) is 1.96. The fourth-order valence-electron chi connectivity index (χ4n) is 0.737. The van der Waals surface area contributed by atoms with E-state index in [9.17, 15) is 4.79 Å². The van der Waals surface area contributed by atoms with Gasteiger partial charge in [0.05, 0.1) is 0 Å². The lowest BCUT2D eigenvalue weighted by atomic mass is 10.4. The number of rotatable bonds is 3. The van der Waals surface area contributed by atoms with Crippen LogP contribution in [0.2, 0.25) is 0 Å². The lowest BCUT2D eigenvalue weighted by Crippen LogP contribution is -2.15. The van der Waals surface area contributed by atoms with E-state index < -0.39 is 0 Å². The average molecular weight is 184 g/mol. The smallest absolute Gasteiger partial charge is 0.185 e. The Kier molecular flexibility index (Phi) is 2.81. The maximum Gasteiger partial charge on any atom is 0.185 e. The summed E-state index contributed by atoms with van der Waals surface area (Å²) in [6.45, 7) is 4.49. The summed E-state index contributed by atoms with van der Waals surface area (Å²) in [5, 5.41) is 2.70. The van der Waals surface area contributed by atoms with Crippen molar-refractivity contribution in [3.05, 3.63) is 11.1 Å². The minimum absolute atomic E-state index is 0.0296. The zero-order chi connectivity index (χ0) is 9.14. The highest BCUT2D eigenvalue weighted by molar-refractivity contribution is 7.13. The van der Waals surface area contributed by atoms with Crippen LogP contribution < -0.4 is 4.90 Å². The summed E-state index contributed by atoms with van der Waals surface area (Å²) in [6.07, 6.45) is 0. The lowest BCUT2D eigenvalue weighted by molar-refractivity contribution is 0.101. The highest BCUT2D eigenvalue weighted by Gasteiger charge is 2.07. The van der Waals surface area contributed by atoms with E-state index in [1.807, 2.05) is 11.9 Å². The molecule has 0 spiro atoms. The van der Waals surface area contributed by atoms with E-state index in [1.54, 1.807) is 5.38 Å². The van der Waals surface area contributed by atoms with Crippen molar-refractivity contribution in [3.63, 3.8) is 0 Å². The number of nitrogens with zero attached hydrogens (tertiary/aromatic N) is 2. The number of carbonyl (C=O) groups is 1. The van der Waals surface area contributed by atoms with E-state index in [4.69, 9.17) is 0 Å². The first-order valence-corrected chi connectivity index (χ1v) is 4.70. The summed E-state index contributed by atoms with van der Waals surface area (Å²) in [6, 6.07) is 0. The molecule has 4 heteroatoms. The van der Waals surface area contributed by atoms with E-state index in [0.29, 0.717) is 5.69 Å². The predicted octanol–water partition coefficient (Wildman–Crippen LogP) is 1.80. The van der Waals surface area contributed by atoms with Gasteiger partial charge in [-0.2, -0.15) is 0 Å². The number of ketones is 1. The summed E-state index contributed by atoms with van der Waals surface area (Å²) in [5.74, 6) is 0.0296. The number of Topliss-reactive ketones (excluding diaryl/α,β-unsaturated/α-hetero) is 1. The van der Waals surface area contributed by atoms with Gasteiger partial charge in [-0.25, -0.2) is 4.98 Å². The van der Waals surface area contributed by atoms with Crippen LogP contribution in [0.5, 0.6) is 0 Å². The maximum absolute atomic E-state index is 10.9. The van der Waals surface area contributed by atoms with E-state index in [-0.39, 0.29) is 5.78 Å². The van der Waals surface area contributed by atoms with Crippen LogP contribution in [-0.2, 0) is 0 Å². The molecule has 0 bridgehead atoms. The van der Waals surface area contributed by atoms with Gasteiger partial charge in [-0.05, 0) is 6.92 Å².